The molecular weight excluding hydrogens is 288 g/mol. The van der Waals surface area contributed by atoms with Crippen molar-refractivity contribution in [3.63, 3.8) is 0 Å². The van der Waals surface area contributed by atoms with Gasteiger partial charge in [-0.1, -0.05) is 12.1 Å². The summed E-state index contributed by atoms with van der Waals surface area (Å²) in [6.45, 7) is 4.41. The van der Waals surface area contributed by atoms with E-state index in [0.29, 0.717) is 18.9 Å². The molecule has 1 atom stereocenters. The van der Waals surface area contributed by atoms with Crippen LogP contribution < -0.4 is 5.32 Å². The van der Waals surface area contributed by atoms with Crippen LogP contribution in [-0.4, -0.2) is 42.3 Å². The van der Waals surface area contributed by atoms with Crippen LogP contribution in [0.1, 0.15) is 54.1 Å². The Labute approximate surface area is 138 Å². The Balaban J connectivity index is 1.55. The fourth-order valence-corrected chi connectivity index (χ4v) is 3.59. The monoisotopic (exact) mass is 314 g/mol. The van der Waals surface area contributed by atoms with Gasteiger partial charge in [-0.05, 0) is 49.8 Å². The van der Waals surface area contributed by atoms with E-state index in [-0.39, 0.29) is 11.7 Å². The quantitative estimate of drug-likeness (QED) is 0.868. The first-order valence-corrected chi connectivity index (χ1v) is 8.79. The Morgan fingerprint density at radius 2 is 1.96 bits per heavy atom. The van der Waals surface area contributed by atoms with E-state index in [4.69, 9.17) is 0 Å². The van der Waals surface area contributed by atoms with E-state index in [0.717, 1.165) is 38.0 Å². The van der Waals surface area contributed by atoms with E-state index in [1.165, 1.54) is 24.0 Å². The molecule has 2 aliphatic rings. The molecule has 0 radical (unpaired) electrons. The van der Waals surface area contributed by atoms with Crippen LogP contribution in [0.3, 0.4) is 0 Å². The molecule has 1 saturated heterocycles. The highest BCUT2D eigenvalue weighted by atomic mass is 16.2. The third kappa shape index (κ3) is 3.99. The number of ketones is 1. The molecule has 1 aromatic carbocycles. The van der Waals surface area contributed by atoms with Gasteiger partial charge in [0, 0.05) is 44.1 Å². The lowest BCUT2D eigenvalue weighted by Gasteiger charge is -2.31. The lowest BCUT2D eigenvalue weighted by Crippen LogP contribution is -2.51. The second kappa shape index (κ2) is 7.26. The summed E-state index contributed by atoms with van der Waals surface area (Å²) in [5.74, 6) is 0.194. The third-order valence-corrected chi connectivity index (χ3v) is 4.96. The molecule has 4 heteroatoms. The van der Waals surface area contributed by atoms with Crippen molar-refractivity contribution in [3.05, 3.63) is 34.9 Å². The number of hydrogen-bond acceptors (Lipinski definition) is 3. The number of carbonyl (C=O) groups excluding carboxylic acids is 2. The molecule has 0 bridgehead atoms. The van der Waals surface area contributed by atoms with Crippen molar-refractivity contribution in [1.82, 2.24) is 10.2 Å². The summed E-state index contributed by atoms with van der Waals surface area (Å²) in [4.78, 5) is 26.5. The van der Waals surface area contributed by atoms with Crippen LogP contribution >= 0.6 is 0 Å². The first-order chi connectivity index (χ1) is 11.1. The van der Waals surface area contributed by atoms with E-state index >= 15 is 0 Å². The maximum absolute atomic E-state index is 12.4. The van der Waals surface area contributed by atoms with E-state index < -0.39 is 0 Å². The van der Waals surface area contributed by atoms with Gasteiger partial charge in [0.25, 0.3) is 0 Å². The van der Waals surface area contributed by atoms with Crippen molar-refractivity contribution in [2.75, 3.05) is 19.6 Å². The minimum atomic E-state index is 0.0925. The maximum Gasteiger partial charge on any atom is 0.223 e. The van der Waals surface area contributed by atoms with Gasteiger partial charge in [0.1, 0.15) is 0 Å². The zero-order valence-electron chi connectivity index (χ0n) is 13.9. The summed E-state index contributed by atoms with van der Waals surface area (Å²) in [6, 6.07) is 6.42. The number of aryl methyl sites for hydroxylation is 2. The molecular formula is C19H26N2O2. The molecule has 3 rings (SSSR count). The van der Waals surface area contributed by atoms with Crippen molar-refractivity contribution >= 4 is 11.7 Å². The number of rotatable bonds is 4. The highest BCUT2D eigenvalue weighted by molar-refractivity contribution is 5.98. The molecule has 0 spiro atoms. The predicted octanol–water partition coefficient (Wildman–Crippen LogP) is 2.35. The lowest BCUT2D eigenvalue weighted by atomic mass is 9.89. The molecule has 0 saturated carbocycles. The van der Waals surface area contributed by atoms with E-state index in [1.807, 2.05) is 17.0 Å². The fourth-order valence-electron chi connectivity index (χ4n) is 3.59. The van der Waals surface area contributed by atoms with Gasteiger partial charge in [-0.15, -0.1) is 0 Å². The van der Waals surface area contributed by atoms with Crippen LogP contribution in [0.5, 0.6) is 0 Å². The van der Waals surface area contributed by atoms with Crippen molar-refractivity contribution in [1.29, 1.82) is 0 Å². The minimum Gasteiger partial charge on any atom is -0.340 e. The largest absolute Gasteiger partial charge is 0.340 e. The van der Waals surface area contributed by atoms with Gasteiger partial charge in [-0.25, -0.2) is 0 Å². The number of amides is 1. The third-order valence-electron chi connectivity index (χ3n) is 4.96. The summed E-state index contributed by atoms with van der Waals surface area (Å²) in [5.41, 5.74) is 3.48. The van der Waals surface area contributed by atoms with E-state index in [9.17, 15) is 9.59 Å². The van der Waals surface area contributed by atoms with Gasteiger partial charge in [0.2, 0.25) is 5.91 Å². The van der Waals surface area contributed by atoms with Crippen LogP contribution in [0.15, 0.2) is 18.2 Å². The average molecular weight is 314 g/mol. The molecule has 124 valence electrons. The van der Waals surface area contributed by atoms with Gasteiger partial charge >= 0.3 is 0 Å². The normalized spacial score (nSPS) is 20.9. The van der Waals surface area contributed by atoms with Crippen molar-refractivity contribution in [2.24, 2.45) is 0 Å². The molecule has 0 aromatic heterocycles. The summed E-state index contributed by atoms with van der Waals surface area (Å²) in [6.07, 6.45) is 5.30. The average Bonchev–Trinajstić information content (AvgIpc) is 2.59. The van der Waals surface area contributed by atoms with E-state index in [1.54, 1.807) is 0 Å². The Morgan fingerprint density at radius 1 is 1.17 bits per heavy atom. The van der Waals surface area contributed by atoms with Gasteiger partial charge in [0.05, 0.1) is 0 Å². The molecule has 23 heavy (non-hydrogen) atoms. The number of piperazine rings is 1. The molecule has 1 fully saturated rings. The molecule has 1 heterocycles. The Morgan fingerprint density at radius 3 is 2.74 bits per heavy atom. The standard InChI is InChI=1S/C19H26N2O2/c1-14-13-21(11-10-20-14)19(23)9-8-18(22)17-7-6-15-4-2-3-5-16(15)12-17/h6-7,12,14,20H,2-5,8-11,13H2,1H3. The fraction of sp³-hybridized carbons (Fsp3) is 0.579. The molecule has 1 unspecified atom stereocenters. The van der Waals surface area contributed by atoms with Gasteiger partial charge < -0.3 is 10.2 Å². The Kier molecular flexibility index (Phi) is 5.11. The van der Waals surface area contributed by atoms with Crippen LogP contribution in [0, 0.1) is 0 Å². The molecule has 1 amide bonds. The highest BCUT2D eigenvalue weighted by Gasteiger charge is 2.21. The maximum atomic E-state index is 12.4. The SMILES string of the molecule is CC1CN(C(=O)CCC(=O)c2ccc3c(c2)CCCC3)CCN1. The van der Waals surface area contributed by atoms with Gasteiger partial charge in [-0.2, -0.15) is 0 Å². The topological polar surface area (TPSA) is 49.4 Å². The minimum absolute atomic E-state index is 0.0925. The Hall–Kier alpha value is -1.68. The zero-order chi connectivity index (χ0) is 16.2. The molecule has 1 N–H and O–H groups in total. The number of nitrogens with zero attached hydrogens (tertiary/aromatic N) is 1. The smallest absolute Gasteiger partial charge is 0.223 e. The van der Waals surface area contributed by atoms with Gasteiger partial charge in [-0.3, -0.25) is 9.59 Å². The number of carbonyl (C=O) groups is 2. The van der Waals surface area contributed by atoms with Gasteiger partial charge in [0.15, 0.2) is 5.78 Å². The zero-order valence-corrected chi connectivity index (χ0v) is 13.9. The van der Waals surface area contributed by atoms with Crippen molar-refractivity contribution < 1.29 is 9.59 Å². The van der Waals surface area contributed by atoms with Crippen LogP contribution in [0.2, 0.25) is 0 Å². The summed E-state index contributed by atoms with van der Waals surface area (Å²) >= 11 is 0. The molecule has 1 aliphatic carbocycles. The van der Waals surface area contributed by atoms with Crippen molar-refractivity contribution in [2.45, 2.75) is 51.5 Å². The first kappa shape index (κ1) is 16.2. The lowest BCUT2D eigenvalue weighted by molar-refractivity contribution is -0.132. The van der Waals surface area contributed by atoms with Crippen LogP contribution in [-0.2, 0) is 17.6 Å². The number of hydrogen-bond donors (Lipinski definition) is 1. The predicted molar refractivity (Wildman–Crippen MR) is 90.7 cm³/mol. The summed E-state index contributed by atoms with van der Waals surface area (Å²) in [5, 5.41) is 3.33. The first-order valence-electron chi connectivity index (χ1n) is 8.79. The second-order valence-electron chi connectivity index (χ2n) is 6.81. The number of benzene rings is 1. The molecule has 1 aliphatic heterocycles. The molecule has 4 nitrogen and oxygen atoms in total. The molecule has 1 aromatic rings. The second-order valence-corrected chi connectivity index (χ2v) is 6.81. The van der Waals surface area contributed by atoms with Crippen molar-refractivity contribution in [3.8, 4) is 0 Å². The summed E-state index contributed by atoms with van der Waals surface area (Å²) < 4.78 is 0. The highest BCUT2D eigenvalue weighted by Crippen LogP contribution is 2.23. The number of Topliss-reactive ketones (excluding diaryl/α,β-unsaturated/α-hetero) is 1. The van der Waals surface area contributed by atoms with Crippen LogP contribution in [0.25, 0.3) is 0 Å². The number of fused-ring (bicyclic) bond motifs is 1. The summed E-state index contributed by atoms with van der Waals surface area (Å²) in [7, 11) is 0. The number of nitrogens with one attached hydrogen (secondary N) is 1. The van der Waals surface area contributed by atoms with E-state index in [2.05, 4.69) is 18.3 Å². The Bertz CT molecular complexity index is 597. The van der Waals surface area contributed by atoms with Crippen LogP contribution in [0.4, 0.5) is 0 Å².